The number of carbonyl (C=O) groups is 1. The van der Waals surface area contributed by atoms with Gasteiger partial charge in [0.15, 0.2) is 0 Å². The predicted molar refractivity (Wildman–Crippen MR) is 87.7 cm³/mol. The third-order valence-corrected chi connectivity index (χ3v) is 3.55. The van der Waals surface area contributed by atoms with E-state index in [1.54, 1.807) is 29.8 Å². The summed E-state index contributed by atoms with van der Waals surface area (Å²) in [6.45, 7) is 2.94. The molecular formula is C14H18ClN3O2S. The summed E-state index contributed by atoms with van der Waals surface area (Å²) in [5.74, 6) is 0.612. The molecule has 1 amide bonds. The number of aromatic nitrogens is 1. The van der Waals surface area contributed by atoms with Gasteiger partial charge in [-0.05, 0) is 30.7 Å². The second kappa shape index (κ2) is 8.61. The van der Waals surface area contributed by atoms with E-state index in [2.05, 4.69) is 10.3 Å². The molecule has 0 saturated heterocycles. The summed E-state index contributed by atoms with van der Waals surface area (Å²) >= 11 is 1.35. The van der Waals surface area contributed by atoms with Gasteiger partial charge in [0.05, 0.1) is 11.2 Å². The molecule has 1 aromatic heterocycles. The minimum atomic E-state index is -0.125. The quantitative estimate of drug-likeness (QED) is 0.855. The SMILES string of the molecule is CCc1ncsc1C(=O)Nc1ccc(OCCN)cc1.Cl. The molecule has 2 aromatic rings. The summed E-state index contributed by atoms with van der Waals surface area (Å²) in [6, 6.07) is 7.21. The van der Waals surface area contributed by atoms with Crippen LogP contribution in [0, 0.1) is 0 Å². The third kappa shape index (κ3) is 4.70. The van der Waals surface area contributed by atoms with Crippen LogP contribution in [-0.2, 0) is 6.42 Å². The van der Waals surface area contributed by atoms with Crippen LogP contribution >= 0.6 is 23.7 Å². The van der Waals surface area contributed by atoms with E-state index in [1.807, 2.05) is 6.92 Å². The van der Waals surface area contributed by atoms with Gasteiger partial charge < -0.3 is 15.8 Å². The Hall–Kier alpha value is -1.63. The van der Waals surface area contributed by atoms with Gasteiger partial charge in [-0.1, -0.05) is 6.92 Å². The summed E-state index contributed by atoms with van der Waals surface area (Å²) in [5, 5.41) is 2.85. The van der Waals surface area contributed by atoms with E-state index in [9.17, 15) is 4.79 Å². The number of nitrogens with zero attached hydrogens (tertiary/aromatic N) is 1. The van der Waals surface area contributed by atoms with E-state index in [0.717, 1.165) is 23.6 Å². The molecule has 0 aliphatic rings. The highest BCUT2D eigenvalue weighted by Crippen LogP contribution is 2.19. The molecule has 1 heterocycles. The Morgan fingerprint density at radius 2 is 2.10 bits per heavy atom. The number of nitrogens with two attached hydrogens (primary N) is 1. The maximum Gasteiger partial charge on any atom is 0.267 e. The topological polar surface area (TPSA) is 77.2 Å². The Kier molecular flexibility index (Phi) is 7.14. The smallest absolute Gasteiger partial charge is 0.267 e. The monoisotopic (exact) mass is 327 g/mol. The van der Waals surface area contributed by atoms with E-state index in [-0.39, 0.29) is 18.3 Å². The van der Waals surface area contributed by atoms with E-state index >= 15 is 0 Å². The number of hydrogen-bond donors (Lipinski definition) is 2. The van der Waals surface area contributed by atoms with Crippen molar-refractivity contribution in [3.8, 4) is 5.75 Å². The zero-order chi connectivity index (χ0) is 14.4. The number of thiazole rings is 1. The van der Waals surface area contributed by atoms with Crippen molar-refractivity contribution in [2.45, 2.75) is 13.3 Å². The summed E-state index contributed by atoms with van der Waals surface area (Å²) in [4.78, 5) is 17.0. The van der Waals surface area contributed by atoms with Crippen LogP contribution in [0.4, 0.5) is 5.69 Å². The largest absolute Gasteiger partial charge is 0.492 e. The van der Waals surface area contributed by atoms with Crippen LogP contribution in [0.2, 0.25) is 0 Å². The number of anilines is 1. The molecule has 0 spiro atoms. The highest BCUT2D eigenvalue weighted by atomic mass is 35.5. The molecule has 2 rings (SSSR count). The van der Waals surface area contributed by atoms with Gasteiger partial charge in [0.25, 0.3) is 5.91 Å². The Balaban J connectivity index is 0.00000220. The first kappa shape index (κ1) is 17.4. The van der Waals surface area contributed by atoms with Crippen LogP contribution in [0.5, 0.6) is 5.75 Å². The third-order valence-electron chi connectivity index (χ3n) is 2.68. The minimum absolute atomic E-state index is 0. The van der Waals surface area contributed by atoms with Crippen LogP contribution in [0.15, 0.2) is 29.8 Å². The Morgan fingerprint density at radius 3 is 2.71 bits per heavy atom. The van der Waals surface area contributed by atoms with Crippen LogP contribution in [0.1, 0.15) is 22.3 Å². The average molecular weight is 328 g/mol. The first-order valence-electron chi connectivity index (χ1n) is 6.41. The van der Waals surface area contributed by atoms with Crippen molar-refractivity contribution in [2.24, 2.45) is 5.73 Å². The number of benzene rings is 1. The lowest BCUT2D eigenvalue weighted by Gasteiger charge is -2.07. The van der Waals surface area contributed by atoms with Crippen molar-refractivity contribution in [3.63, 3.8) is 0 Å². The van der Waals surface area contributed by atoms with Gasteiger partial charge in [0.2, 0.25) is 0 Å². The first-order chi connectivity index (χ1) is 9.74. The van der Waals surface area contributed by atoms with E-state index < -0.39 is 0 Å². The molecule has 21 heavy (non-hydrogen) atoms. The van der Waals surface area contributed by atoms with Gasteiger partial charge in [0, 0.05) is 12.2 Å². The molecule has 0 radical (unpaired) electrons. The van der Waals surface area contributed by atoms with Crippen LogP contribution in [0.3, 0.4) is 0 Å². The highest BCUT2D eigenvalue weighted by Gasteiger charge is 2.13. The molecule has 0 unspecified atom stereocenters. The van der Waals surface area contributed by atoms with Gasteiger partial charge >= 0.3 is 0 Å². The maximum absolute atomic E-state index is 12.1. The zero-order valence-corrected chi connectivity index (χ0v) is 13.3. The van der Waals surface area contributed by atoms with Gasteiger partial charge in [0.1, 0.15) is 17.2 Å². The first-order valence-corrected chi connectivity index (χ1v) is 7.29. The average Bonchev–Trinajstić information content (AvgIpc) is 2.95. The predicted octanol–water partition coefficient (Wildman–Crippen LogP) is 2.72. The standard InChI is InChI=1S/C14H17N3O2S.ClH/c1-2-12-13(20-9-16-12)14(18)17-10-3-5-11(6-4-10)19-8-7-15;/h3-6,9H,2,7-8,15H2,1H3,(H,17,18);1H. The van der Waals surface area contributed by atoms with Crippen molar-refractivity contribution in [1.82, 2.24) is 4.98 Å². The number of nitrogens with one attached hydrogen (secondary N) is 1. The molecule has 3 N–H and O–H groups in total. The molecule has 0 atom stereocenters. The van der Waals surface area contributed by atoms with Crippen LogP contribution < -0.4 is 15.8 Å². The van der Waals surface area contributed by atoms with Crippen molar-refractivity contribution in [2.75, 3.05) is 18.5 Å². The number of rotatable bonds is 6. The summed E-state index contributed by atoms with van der Waals surface area (Å²) < 4.78 is 5.38. The second-order valence-corrected chi connectivity index (χ2v) is 4.95. The van der Waals surface area contributed by atoms with Crippen molar-refractivity contribution in [3.05, 3.63) is 40.3 Å². The summed E-state index contributed by atoms with van der Waals surface area (Å²) in [5.41, 5.74) is 8.62. The number of ether oxygens (including phenoxy) is 1. The Bertz CT molecular complexity index is 572. The fourth-order valence-corrected chi connectivity index (χ4v) is 2.48. The second-order valence-electron chi connectivity index (χ2n) is 4.10. The number of hydrogen-bond acceptors (Lipinski definition) is 5. The molecule has 7 heteroatoms. The van der Waals surface area contributed by atoms with Crippen molar-refractivity contribution < 1.29 is 9.53 Å². The summed E-state index contributed by atoms with van der Waals surface area (Å²) in [7, 11) is 0. The Morgan fingerprint density at radius 1 is 1.38 bits per heavy atom. The van der Waals surface area contributed by atoms with Crippen LogP contribution in [0.25, 0.3) is 0 Å². The fourth-order valence-electron chi connectivity index (χ4n) is 1.70. The fraction of sp³-hybridized carbons (Fsp3) is 0.286. The van der Waals surface area contributed by atoms with Crippen LogP contribution in [-0.4, -0.2) is 24.0 Å². The molecule has 0 bridgehead atoms. The normalized spacial score (nSPS) is 9.81. The lowest BCUT2D eigenvalue weighted by Crippen LogP contribution is -2.12. The van der Waals surface area contributed by atoms with Gasteiger partial charge in [-0.3, -0.25) is 4.79 Å². The molecular weight excluding hydrogens is 310 g/mol. The molecule has 0 saturated carbocycles. The number of aryl methyl sites for hydroxylation is 1. The minimum Gasteiger partial charge on any atom is -0.492 e. The summed E-state index contributed by atoms with van der Waals surface area (Å²) in [6.07, 6.45) is 0.748. The van der Waals surface area contributed by atoms with Gasteiger partial charge in [-0.2, -0.15) is 0 Å². The molecule has 1 aromatic carbocycles. The maximum atomic E-state index is 12.1. The highest BCUT2D eigenvalue weighted by molar-refractivity contribution is 7.12. The lowest BCUT2D eigenvalue weighted by atomic mass is 10.2. The molecule has 0 fully saturated rings. The van der Waals surface area contributed by atoms with E-state index in [0.29, 0.717) is 18.0 Å². The molecule has 0 aliphatic carbocycles. The van der Waals surface area contributed by atoms with Crippen molar-refractivity contribution >= 4 is 35.3 Å². The molecule has 114 valence electrons. The molecule has 5 nitrogen and oxygen atoms in total. The zero-order valence-electron chi connectivity index (χ0n) is 11.7. The van der Waals surface area contributed by atoms with Crippen molar-refractivity contribution in [1.29, 1.82) is 0 Å². The number of halogens is 1. The number of carbonyl (C=O) groups excluding carboxylic acids is 1. The molecule has 0 aliphatic heterocycles. The van der Waals surface area contributed by atoms with E-state index in [1.165, 1.54) is 11.3 Å². The lowest BCUT2D eigenvalue weighted by molar-refractivity contribution is 0.102. The van der Waals surface area contributed by atoms with E-state index in [4.69, 9.17) is 10.5 Å². The number of amides is 1. The van der Waals surface area contributed by atoms with Gasteiger partial charge in [-0.25, -0.2) is 4.98 Å². The van der Waals surface area contributed by atoms with Gasteiger partial charge in [-0.15, -0.1) is 23.7 Å². The Labute approximate surface area is 133 Å².